The van der Waals surface area contributed by atoms with Crippen molar-refractivity contribution in [3.05, 3.63) is 23.8 Å². The van der Waals surface area contributed by atoms with Gasteiger partial charge in [0.05, 0.1) is 17.9 Å². The molecule has 0 radical (unpaired) electrons. The van der Waals surface area contributed by atoms with E-state index in [1.165, 1.54) is 6.92 Å². The number of hydrogen-bond acceptors (Lipinski definition) is 4. The molecular weight excluding hydrogens is 353 g/mol. The molecule has 0 aliphatic carbocycles. The minimum Gasteiger partial charge on any atom is -0.492 e. The molecule has 26 heavy (non-hydrogen) atoms. The number of rotatable bonds is 5. The minimum absolute atomic E-state index is 0.0957. The first kappa shape index (κ1) is 21.6. The van der Waals surface area contributed by atoms with Crippen molar-refractivity contribution in [1.29, 1.82) is 0 Å². The zero-order valence-corrected chi connectivity index (χ0v) is 15.3. The van der Waals surface area contributed by atoms with E-state index in [1.807, 2.05) is 0 Å². The second kappa shape index (κ2) is 8.29. The van der Waals surface area contributed by atoms with Gasteiger partial charge >= 0.3 is 12.3 Å². The van der Waals surface area contributed by atoms with Crippen LogP contribution in [0.15, 0.2) is 18.2 Å². The number of amides is 2. The standard InChI is InChI=1S/C17H23F3N2O4/c1-6-25-13-8-7-11(17(18,19)20)9-12(13)22-14(23)10(2)21-15(24)26-16(3,4)5/h7-10H,6H2,1-5H3,(H,21,24)(H,22,23)/t10-/m1/s1. The number of alkyl halides is 3. The second-order valence-electron chi connectivity index (χ2n) is 6.50. The van der Waals surface area contributed by atoms with Crippen LogP contribution in [0.2, 0.25) is 0 Å². The van der Waals surface area contributed by atoms with Crippen molar-refractivity contribution in [3.8, 4) is 5.75 Å². The molecule has 1 aromatic carbocycles. The second-order valence-corrected chi connectivity index (χ2v) is 6.50. The summed E-state index contributed by atoms with van der Waals surface area (Å²) < 4.78 is 48.9. The van der Waals surface area contributed by atoms with E-state index in [2.05, 4.69) is 10.6 Å². The van der Waals surface area contributed by atoms with Gasteiger partial charge in [-0.05, 0) is 52.8 Å². The van der Waals surface area contributed by atoms with Crippen LogP contribution >= 0.6 is 0 Å². The Bertz CT molecular complexity index is 654. The van der Waals surface area contributed by atoms with Crippen molar-refractivity contribution in [3.63, 3.8) is 0 Å². The minimum atomic E-state index is -4.56. The molecule has 2 N–H and O–H groups in total. The van der Waals surface area contributed by atoms with Crippen LogP contribution in [0.5, 0.6) is 5.75 Å². The first-order valence-corrected chi connectivity index (χ1v) is 7.98. The van der Waals surface area contributed by atoms with Crippen LogP contribution in [0, 0.1) is 0 Å². The third-order valence-corrected chi connectivity index (χ3v) is 2.99. The van der Waals surface area contributed by atoms with Gasteiger partial charge in [-0.2, -0.15) is 13.2 Å². The molecule has 0 saturated carbocycles. The highest BCUT2D eigenvalue weighted by molar-refractivity contribution is 5.97. The summed E-state index contributed by atoms with van der Waals surface area (Å²) in [5, 5.41) is 4.66. The third-order valence-electron chi connectivity index (χ3n) is 2.99. The Morgan fingerprint density at radius 1 is 1.19 bits per heavy atom. The van der Waals surface area contributed by atoms with Gasteiger partial charge in [0.25, 0.3) is 0 Å². The molecule has 1 aromatic rings. The van der Waals surface area contributed by atoms with E-state index in [0.717, 1.165) is 18.2 Å². The van der Waals surface area contributed by atoms with Gasteiger partial charge in [0, 0.05) is 0 Å². The maximum absolute atomic E-state index is 12.9. The average molecular weight is 376 g/mol. The fourth-order valence-corrected chi connectivity index (χ4v) is 1.88. The van der Waals surface area contributed by atoms with E-state index in [0.29, 0.717) is 0 Å². The molecule has 146 valence electrons. The predicted molar refractivity (Wildman–Crippen MR) is 90.1 cm³/mol. The lowest BCUT2D eigenvalue weighted by atomic mass is 10.1. The molecule has 0 bridgehead atoms. The Hall–Kier alpha value is -2.45. The van der Waals surface area contributed by atoms with Crippen molar-refractivity contribution in [2.45, 2.75) is 52.4 Å². The van der Waals surface area contributed by atoms with E-state index in [-0.39, 0.29) is 18.0 Å². The Kier molecular flexibility index (Phi) is 6.88. The van der Waals surface area contributed by atoms with Gasteiger partial charge in [0.1, 0.15) is 17.4 Å². The molecule has 0 fully saturated rings. The van der Waals surface area contributed by atoms with Crippen molar-refractivity contribution < 1.29 is 32.2 Å². The molecule has 1 rings (SSSR count). The van der Waals surface area contributed by atoms with Gasteiger partial charge in [-0.3, -0.25) is 4.79 Å². The molecule has 0 saturated heterocycles. The summed E-state index contributed by atoms with van der Waals surface area (Å²) in [6.07, 6.45) is -5.38. The quantitative estimate of drug-likeness (QED) is 0.816. The van der Waals surface area contributed by atoms with Crippen LogP contribution in [0.4, 0.5) is 23.7 Å². The highest BCUT2D eigenvalue weighted by Gasteiger charge is 2.31. The fourth-order valence-electron chi connectivity index (χ4n) is 1.88. The lowest BCUT2D eigenvalue weighted by molar-refractivity contribution is -0.137. The number of hydrogen-bond donors (Lipinski definition) is 2. The molecular formula is C17H23F3N2O4. The first-order chi connectivity index (χ1) is 11.8. The normalized spacial score (nSPS) is 12.9. The lowest BCUT2D eigenvalue weighted by Crippen LogP contribution is -2.44. The third kappa shape index (κ3) is 6.81. The number of nitrogens with one attached hydrogen (secondary N) is 2. The summed E-state index contributed by atoms with van der Waals surface area (Å²) in [4.78, 5) is 23.9. The van der Waals surface area contributed by atoms with Gasteiger partial charge in [0.15, 0.2) is 0 Å². The van der Waals surface area contributed by atoms with Gasteiger partial charge < -0.3 is 20.1 Å². The molecule has 0 aliphatic heterocycles. The summed E-state index contributed by atoms with van der Waals surface area (Å²) in [5.41, 5.74) is -1.81. The van der Waals surface area contributed by atoms with E-state index in [4.69, 9.17) is 9.47 Å². The molecule has 0 aliphatic rings. The molecule has 9 heteroatoms. The molecule has 0 spiro atoms. The van der Waals surface area contributed by atoms with E-state index in [9.17, 15) is 22.8 Å². The van der Waals surface area contributed by atoms with Crippen molar-refractivity contribution in [2.75, 3.05) is 11.9 Å². The molecule has 2 amide bonds. The lowest BCUT2D eigenvalue weighted by Gasteiger charge is -2.22. The Balaban J connectivity index is 2.91. The summed E-state index contributed by atoms with van der Waals surface area (Å²) in [6, 6.07) is 1.74. The number of alkyl carbamates (subject to hydrolysis) is 1. The largest absolute Gasteiger partial charge is 0.492 e. The first-order valence-electron chi connectivity index (χ1n) is 7.98. The Morgan fingerprint density at radius 3 is 2.31 bits per heavy atom. The number of anilines is 1. The van der Waals surface area contributed by atoms with Crippen molar-refractivity contribution in [2.24, 2.45) is 0 Å². The van der Waals surface area contributed by atoms with Crippen molar-refractivity contribution >= 4 is 17.7 Å². The van der Waals surface area contributed by atoms with Gasteiger partial charge in [-0.1, -0.05) is 0 Å². The SMILES string of the molecule is CCOc1ccc(C(F)(F)F)cc1NC(=O)[C@@H](C)NC(=O)OC(C)(C)C. The topological polar surface area (TPSA) is 76.7 Å². The maximum Gasteiger partial charge on any atom is 0.416 e. The monoisotopic (exact) mass is 376 g/mol. The number of benzene rings is 1. The van der Waals surface area contributed by atoms with Crippen LogP contribution in [0.25, 0.3) is 0 Å². The summed E-state index contributed by atoms with van der Waals surface area (Å²) >= 11 is 0. The highest BCUT2D eigenvalue weighted by atomic mass is 19.4. The summed E-state index contributed by atoms with van der Waals surface area (Å²) in [5.74, 6) is -0.616. The number of carbonyl (C=O) groups excluding carboxylic acids is 2. The van der Waals surface area contributed by atoms with Crippen LogP contribution in [-0.2, 0) is 15.7 Å². The van der Waals surface area contributed by atoms with Crippen LogP contribution in [0.1, 0.15) is 40.2 Å². The Morgan fingerprint density at radius 2 is 1.81 bits per heavy atom. The zero-order chi connectivity index (χ0) is 20.1. The van der Waals surface area contributed by atoms with E-state index < -0.39 is 35.4 Å². The van der Waals surface area contributed by atoms with E-state index in [1.54, 1.807) is 27.7 Å². The van der Waals surface area contributed by atoms with Gasteiger partial charge in [-0.25, -0.2) is 4.79 Å². The fraction of sp³-hybridized carbons (Fsp3) is 0.529. The number of ether oxygens (including phenoxy) is 2. The highest BCUT2D eigenvalue weighted by Crippen LogP contribution is 2.35. The van der Waals surface area contributed by atoms with Crippen LogP contribution in [0.3, 0.4) is 0 Å². The van der Waals surface area contributed by atoms with Gasteiger partial charge in [0.2, 0.25) is 5.91 Å². The molecule has 1 atom stereocenters. The average Bonchev–Trinajstić information content (AvgIpc) is 2.45. The maximum atomic E-state index is 12.9. The molecule has 0 heterocycles. The van der Waals surface area contributed by atoms with Crippen LogP contribution < -0.4 is 15.4 Å². The molecule has 6 nitrogen and oxygen atoms in total. The molecule has 0 unspecified atom stereocenters. The van der Waals surface area contributed by atoms with E-state index >= 15 is 0 Å². The van der Waals surface area contributed by atoms with Crippen LogP contribution in [-0.4, -0.2) is 30.3 Å². The smallest absolute Gasteiger partial charge is 0.416 e. The summed E-state index contributed by atoms with van der Waals surface area (Å²) in [7, 11) is 0. The Labute approximate surface area is 150 Å². The number of carbonyl (C=O) groups is 2. The van der Waals surface area contributed by atoms with Crippen molar-refractivity contribution in [1.82, 2.24) is 5.32 Å². The predicted octanol–water partition coefficient (Wildman–Crippen LogP) is 3.96. The zero-order valence-electron chi connectivity index (χ0n) is 15.3. The number of halogens is 3. The summed E-state index contributed by atoms with van der Waals surface area (Å²) in [6.45, 7) is 8.24. The van der Waals surface area contributed by atoms with Gasteiger partial charge in [-0.15, -0.1) is 0 Å². The molecule has 0 aromatic heterocycles.